The highest BCUT2D eigenvalue weighted by Crippen LogP contribution is 2.21. The van der Waals surface area contributed by atoms with E-state index in [0.29, 0.717) is 5.82 Å². The summed E-state index contributed by atoms with van der Waals surface area (Å²) in [6.07, 6.45) is 1.79. The summed E-state index contributed by atoms with van der Waals surface area (Å²) in [7, 11) is 4.05. The highest BCUT2D eigenvalue weighted by atomic mass is 15.3. The van der Waals surface area contributed by atoms with Gasteiger partial charge in [0.25, 0.3) is 0 Å². The third-order valence-corrected chi connectivity index (χ3v) is 4.21. The minimum atomic E-state index is 0.696. The predicted molar refractivity (Wildman–Crippen MR) is 109 cm³/mol. The molecule has 5 heteroatoms. The first-order chi connectivity index (χ1) is 12.5. The summed E-state index contributed by atoms with van der Waals surface area (Å²) in [4.78, 5) is 11.3. The fourth-order valence-corrected chi connectivity index (χ4v) is 2.48. The summed E-state index contributed by atoms with van der Waals surface area (Å²) < 4.78 is 0. The molecule has 1 heterocycles. The summed E-state index contributed by atoms with van der Waals surface area (Å²) >= 11 is 0. The van der Waals surface area contributed by atoms with E-state index in [9.17, 15) is 0 Å². The van der Waals surface area contributed by atoms with Crippen LogP contribution < -0.4 is 10.3 Å². The summed E-state index contributed by atoms with van der Waals surface area (Å²) in [5.74, 6) is 1.42. The van der Waals surface area contributed by atoms with Gasteiger partial charge >= 0.3 is 0 Å². The lowest BCUT2D eigenvalue weighted by atomic mass is 10.2. The van der Waals surface area contributed by atoms with Crippen molar-refractivity contribution in [3.8, 4) is 11.4 Å². The van der Waals surface area contributed by atoms with Gasteiger partial charge in [-0.25, -0.2) is 9.97 Å². The summed E-state index contributed by atoms with van der Waals surface area (Å²) in [5, 5.41) is 4.34. The molecular formula is C21H23N5. The first-order valence-corrected chi connectivity index (χ1v) is 8.51. The van der Waals surface area contributed by atoms with Crippen LogP contribution in [-0.2, 0) is 0 Å². The number of anilines is 2. The van der Waals surface area contributed by atoms with Crippen LogP contribution in [0.3, 0.4) is 0 Å². The van der Waals surface area contributed by atoms with Crippen molar-refractivity contribution in [1.82, 2.24) is 9.97 Å². The SMILES string of the molecule is Cc1nc(-c2ccccc2)nc(N/N=C/c2ccc(N(C)C)cc2)c1C. The highest BCUT2D eigenvalue weighted by molar-refractivity contribution is 5.81. The zero-order valence-electron chi connectivity index (χ0n) is 15.6. The van der Waals surface area contributed by atoms with Crippen LogP contribution in [0.1, 0.15) is 16.8 Å². The van der Waals surface area contributed by atoms with Crippen LogP contribution in [0.4, 0.5) is 11.5 Å². The van der Waals surface area contributed by atoms with Crippen LogP contribution in [-0.4, -0.2) is 30.3 Å². The van der Waals surface area contributed by atoms with Crippen molar-refractivity contribution < 1.29 is 0 Å². The van der Waals surface area contributed by atoms with E-state index in [4.69, 9.17) is 0 Å². The van der Waals surface area contributed by atoms with Crippen molar-refractivity contribution in [3.05, 3.63) is 71.4 Å². The molecule has 1 N–H and O–H groups in total. The van der Waals surface area contributed by atoms with Gasteiger partial charge in [-0.1, -0.05) is 42.5 Å². The van der Waals surface area contributed by atoms with Gasteiger partial charge in [0, 0.05) is 36.6 Å². The number of aromatic nitrogens is 2. The zero-order valence-corrected chi connectivity index (χ0v) is 15.6. The molecule has 3 aromatic rings. The maximum absolute atomic E-state index is 4.63. The summed E-state index contributed by atoms with van der Waals surface area (Å²) in [6, 6.07) is 18.2. The second-order valence-corrected chi connectivity index (χ2v) is 6.33. The van der Waals surface area contributed by atoms with E-state index in [1.807, 2.05) is 70.4 Å². The van der Waals surface area contributed by atoms with Crippen molar-refractivity contribution in [3.63, 3.8) is 0 Å². The molecule has 1 aromatic heterocycles. The van der Waals surface area contributed by atoms with Crippen molar-refractivity contribution in [2.45, 2.75) is 13.8 Å². The number of nitrogens with zero attached hydrogens (tertiary/aromatic N) is 4. The summed E-state index contributed by atoms with van der Waals surface area (Å²) in [5.41, 5.74) is 8.15. The number of hydrogen-bond donors (Lipinski definition) is 1. The molecular weight excluding hydrogens is 322 g/mol. The molecule has 0 radical (unpaired) electrons. The number of nitrogens with one attached hydrogen (secondary N) is 1. The average molecular weight is 345 g/mol. The lowest BCUT2D eigenvalue weighted by Gasteiger charge is -2.11. The van der Waals surface area contributed by atoms with E-state index < -0.39 is 0 Å². The van der Waals surface area contributed by atoms with Crippen LogP contribution in [0, 0.1) is 13.8 Å². The van der Waals surface area contributed by atoms with Gasteiger partial charge in [-0.2, -0.15) is 5.10 Å². The maximum atomic E-state index is 4.63. The van der Waals surface area contributed by atoms with E-state index in [1.165, 1.54) is 0 Å². The normalized spacial score (nSPS) is 10.9. The Bertz CT molecular complexity index is 900. The predicted octanol–water partition coefficient (Wildman–Crippen LogP) is 4.27. The van der Waals surface area contributed by atoms with E-state index in [1.54, 1.807) is 6.21 Å². The van der Waals surface area contributed by atoms with Crippen molar-refractivity contribution in [2.75, 3.05) is 24.4 Å². The molecule has 0 fully saturated rings. The molecule has 0 atom stereocenters. The van der Waals surface area contributed by atoms with Gasteiger partial charge in [-0.3, -0.25) is 5.43 Å². The Kier molecular flexibility index (Phi) is 5.27. The third-order valence-electron chi connectivity index (χ3n) is 4.21. The van der Waals surface area contributed by atoms with E-state index >= 15 is 0 Å². The smallest absolute Gasteiger partial charge is 0.161 e. The molecule has 0 amide bonds. The van der Waals surface area contributed by atoms with Gasteiger partial charge < -0.3 is 4.90 Å². The maximum Gasteiger partial charge on any atom is 0.161 e. The van der Waals surface area contributed by atoms with Gasteiger partial charge in [-0.15, -0.1) is 0 Å². The average Bonchev–Trinajstić information content (AvgIpc) is 2.66. The van der Waals surface area contributed by atoms with Gasteiger partial charge in [-0.05, 0) is 31.5 Å². The summed E-state index contributed by atoms with van der Waals surface area (Å²) in [6.45, 7) is 3.98. The second-order valence-electron chi connectivity index (χ2n) is 6.33. The molecule has 5 nitrogen and oxygen atoms in total. The molecule has 3 rings (SSSR count). The quantitative estimate of drug-likeness (QED) is 0.554. The molecule has 0 aliphatic rings. The van der Waals surface area contributed by atoms with Crippen molar-refractivity contribution in [1.29, 1.82) is 0 Å². The van der Waals surface area contributed by atoms with Gasteiger partial charge in [0.1, 0.15) is 0 Å². The Labute approximate surface area is 154 Å². The van der Waals surface area contributed by atoms with Crippen molar-refractivity contribution >= 4 is 17.7 Å². The molecule has 2 aromatic carbocycles. The first kappa shape index (κ1) is 17.6. The second kappa shape index (κ2) is 7.78. The number of aryl methyl sites for hydroxylation is 1. The van der Waals surface area contributed by atoms with Crippen LogP contribution in [0.2, 0.25) is 0 Å². The van der Waals surface area contributed by atoms with Crippen LogP contribution in [0.25, 0.3) is 11.4 Å². The van der Waals surface area contributed by atoms with E-state index in [-0.39, 0.29) is 0 Å². The Morgan fingerprint density at radius 2 is 1.62 bits per heavy atom. The largest absolute Gasteiger partial charge is 0.378 e. The Hall–Kier alpha value is -3.21. The molecule has 0 unspecified atom stereocenters. The molecule has 26 heavy (non-hydrogen) atoms. The number of benzene rings is 2. The molecule has 0 aliphatic carbocycles. The standard InChI is InChI=1S/C21H23N5/c1-15-16(2)23-21(18-8-6-5-7-9-18)24-20(15)25-22-14-17-10-12-19(13-11-17)26(3)4/h5-14H,1-4H3,(H,23,24,25)/b22-14+. The molecule has 0 saturated carbocycles. The topological polar surface area (TPSA) is 53.4 Å². The zero-order chi connectivity index (χ0) is 18.5. The molecule has 132 valence electrons. The fourth-order valence-electron chi connectivity index (χ4n) is 2.48. The number of rotatable bonds is 5. The molecule has 0 spiro atoms. The third kappa shape index (κ3) is 4.06. The van der Waals surface area contributed by atoms with E-state index in [2.05, 4.69) is 37.5 Å². The van der Waals surface area contributed by atoms with Crippen LogP contribution in [0.15, 0.2) is 59.7 Å². The lowest BCUT2D eigenvalue weighted by molar-refractivity contribution is 1.06. The van der Waals surface area contributed by atoms with Crippen molar-refractivity contribution in [2.24, 2.45) is 5.10 Å². The monoisotopic (exact) mass is 345 g/mol. The minimum absolute atomic E-state index is 0.696. The molecule has 0 saturated heterocycles. The van der Waals surface area contributed by atoms with Crippen LogP contribution >= 0.6 is 0 Å². The van der Waals surface area contributed by atoms with Gasteiger partial charge in [0.2, 0.25) is 0 Å². The lowest BCUT2D eigenvalue weighted by Crippen LogP contribution is -2.08. The number of hydrazone groups is 1. The van der Waals surface area contributed by atoms with E-state index in [0.717, 1.165) is 33.9 Å². The van der Waals surface area contributed by atoms with Crippen LogP contribution in [0.5, 0.6) is 0 Å². The highest BCUT2D eigenvalue weighted by Gasteiger charge is 2.09. The Morgan fingerprint density at radius 1 is 0.923 bits per heavy atom. The first-order valence-electron chi connectivity index (χ1n) is 8.51. The van der Waals surface area contributed by atoms with Gasteiger partial charge in [0.05, 0.1) is 6.21 Å². The molecule has 0 bridgehead atoms. The number of hydrogen-bond acceptors (Lipinski definition) is 5. The minimum Gasteiger partial charge on any atom is -0.378 e. The Balaban J connectivity index is 1.80. The van der Waals surface area contributed by atoms with Gasteiger partial charge in [0.15, 0.2) is 11.6 Å². The molecule has 0 aliphatic heterocycles. The fraction of sp³-hybridized carbons (Fsp3) is 0.190. The Morgan fingerprint density at radius 3 is 2.27 bits per heavy atom.